The molecule has 2 aromatic carbocycles. The number of thioether (sulfide) groups is 1. The molecule has 1 saturated heterocycles. The highest BCUT2D eigenvalue weighted by Gasteiger charge is 2.41. The van der Waals surface area contributed by atoms with Gasteiger partial charge in [0.2, 0.25) is 11.8 Å². The smallest absolute Gasteiger partial charge is 0.247 e. The fourth-order valence-electron chi connectivity index (χ4n) is 3.35. The molecule has 0 bridgehead atoms. The van der Waals surface area contributed by atoms with Crippen LogP contribution in [0.4, 0.5) is 5.69 Å². The molecule has 1 heterocycles. The fourth-order valence-corrected chi connectivity index (χ4v) is 4.53. The van der Waals surface area contributed by atoms with Gasteiger partial charge in [0.1, 0.15) is 0 Å². The normalized spacial score (nSPS) is 17.7. The number of nitrogens with zero attached hydrogens (tertiary/aromatic N) is 1. The summed E-state index contributed by atoms with van der Waals surface area (Å²) in [6.45, 7) is 10.4. The van der Waals surface area contributed by atoms with Crippen molar-refractivity contribution in [3.63, 3.8) is 0 Å². The predicted molar refractivity (Wildman–Crippen MR) is 113 cm³/mol. The Bertz CT molecular complexity index is 877. The number of aryl methyl sites for hydroxylation is 2. The van der Waals surface area contributed by atoms with Crippen molar-refractivity contribution in [3.8, 4) is 0 Å². The van der Waals surface area contributed by atoms with Crippen LogP contribution in [0.25, 0.3) is 0 Å². The second kappa shape index (κ2) is 7.33. The molecule has 1 fully saturated rings. The van der Waals surface area contributed by atoms with Gasteiger partial charge in [0.15, 0.2) is 0 Å². The SMILES string of the molecule is Cc1cc(C(C)(C)C)cc(C)c1N1C(=O)CC(Sc2ccc(Cl)cc2)C1=O. The Kier molecular flexibility index (Phi) is 5.42. The van der Waals surface area contributed by atoms with Gasteiger partial charge >= 0.3 is 0 Å². The Balaban J connectivity index is 1.90. The minimum absolute atomic E-state index is 0.0139. The molecule has 27 heavy (non-hydrogen) atoms. The molecule has 0 aromatic heterocycles. The molecule has 1 aliphatic rings. The van der Waals surface area contributed by atoms with Crippen LogP contribution in [-0.4, -0.2) is 17.1 Å². The largest absolute Gasteiger partial charge is 0.274 e. The highest BCUT2D eigenvalue weighted by atomic mass is 35.5. The minimum Gasteiger partial charge on any atom is -0.274 e. The third kappa shape index (κ3) is 4.07. The summed E-state index contributed by atoms with van der Waals surface area (Å²) in [7, 11) is 0. The van der Waals surface area contributed by atoms with Crippen LogP contribution in [-0.2, 0) is 15.0 Å². The van der Waals surface area contributed by atoms with Gasteiger partial charge in [-0.1, -0.05) is 44.5 Å². The third-order valence-corrected chi connectivity index (χ3v) is 6.23. The zero-order valence-electron chi connectivity index (χ0n) is 16.3. The average molecular weight is 402 g/mol. The molecule has 0 N–H and O–H groups in total. The van der Waals surface area contributed by atoms with Gasteiger partial charge in [0.05, 0.1) is 10.9 Å². The molecule has 0 spiro atoms. The van der Waals surface area contributed by atoms with E-state index >= 15 is 0 Å². The standard InChI is InChI=1S/C22H24ClNO2S/c1-13-10-15(22(3,4)5)11-14(2)20(13)24-19(25)12-18(21(24)26)27-17-8-6-16(23)7-9-17/h6-11,18H,12H2,1-5H3. The van der Waals surface area contributed by atoms with Gasteiger partial charge in [-0.15, -0.1) is 11.8 Å². The number of imide groups is 1. The molecular formula is C22H24ClNO2S. The van der Waals surface area contributed by atoms with E-state index in [0.717, 1.165) is 21.7 Å². The molecule has 0 aliphatic carbocycles. The van der Waals surface area contributed by atoms with Crippen LogP contribution >= 0.6 is 23.4 Å². The summed E-state index contributed by atoms with van der Waals surface area (Å²) < 4.78 is 0. The number of rotatable bonds is 3. The summed E-state index contributed by atoms with van der Waals surface area (Å²) >= 11 is 7.34. The summed E-state index contributed by atoms with van der Waals surface area (Å²) in [4.78, 5) is 28.0. The summed E-state index contributed by atoms with van der Waals surface area (Å²) in [6, 6.07) is 11.5. The second-order valence-electron chi connectivity index (χ2n) is 8.04. The average Bonchev–Trinajstić information content (AvgIpc) is 2.83. The first-order valence-electron chi connectivity index (χ1n) is 8.98. The van der Waals surface area contributed by atoms with Crippen LogP contribution in [0.1, 0.15) is 43.9 Å². The number of carbonyl (C=O) groups excluding carboxylic acids is 2. The topological polar surface area (TPSA) is 37.4 Å². The first kappa shape index (κ1) is 20.0. The highest BCUT2D eigenvalue weighted by Crippen LogP contribution is 2.38. The number of amides is 2. The van der Waals surface area contributed by atoms with E-state index in [9.17, 15) is 9.59 Å². The lowest BCUT2D eigenvalue weighted by Gasteiger charge is -2.25. The van der Waals surface area contributed by atoms with Gasteiger partial charge in [0, 0.05) is 16.3 Å². The summed E-state index contributed by atoms with van der Waals surface area (Å²) in [5, 5.41) is 0.250. The number of halogens is 1. The van der Waals surface area contributed by atoms with E-state index in [-0.39, 0.29) is 23.7 Å². The lowest BCUT2D eigenvalue weighted by Crippen LogP contribution is -2.32. The highest BCUT2D eigenvalue weighted by molar-refractivity contribution is 8.00. The van der Waals surface area contributed by atoms with Crippen molar-refractivity contribution in [1.82, 2.24) is 0 Å². The monoisotopic (exact) mass is 401 g/mol. The van der Waals surface area contributed by atoms with Crippen LogP contribution in [0.15, 0.2) is 41.3 Å². The van der Waals surface area contributed by atoms with E-state index in [4.69, 9.17) is 11.6 Å². The van der Waals surface area contributed by atoms with E-state index in [0.29, 0.717) is 5.02 Å². The number of anilines is 1. The minimum atomic E-state index is -0.403. The maximum absolute atomic E-state index is 13.0. The number of hydrogen-bond donors (Lipinski definition) is 0. The predicted octanol–water partition coefficient (Wildman–Crippen LogP) is 5.68. The van der Waals surface area contributed by atoms with Gasteiger partial charge in [-0.25, -0.2) is 4.90 Å². The first-order chi connectivity index (χ1) is 12.6. The van der Waals surface area contributed by atoms with Gasteiger partial charge < -0.3 is 0 Å². The van der Waals surface area contributed by atoms with E-state index in [1.54, 1.807) is 12.1 Å². The van der Waals surface area contributed by atoms with E-state index in [1.165, 1.54) is 22.2 Å². The van der Waals surface area contributed by atoms with Crippen LogP contribution in [0, 0.1) is 13.8 Å². The fraction of sp³-hybridized carbons (Fsp3) is 0.364. The van der Waals surface area contributed by atoms with Gasteiger partial charge in [0.25, 0.3) is 0 Å². The number of carbonyl (C=O) groups is 2. The van der Waals surface area contributed by atoms with Crippen LogP contribution in [0.2, 0.25) is 5.02 Å². The van der Waals surface area contributed by atoms with E-state index < -0.39 is 5.25 Å². The zero-order chi connectivity index (χ0) is 19.9. The van der Waals surface area contributed by atoms with Crippen molar-refractivity contribution >= 4 is 40.9 Å². The van der Waals surface area contributed by atoms with Gasteiger partial charge in [-0.3, -0.25) is 9.59 Å². The third-order valence-electron chi connectivity index (χ3n) is 4.78. The van der Waals surface area contributed by atoms with Gasteiger partial charge in [-0.2, -0.15) is 0 Å². The van der Waals surface area contributed by atoms with E-state index in [1.807, 2.05) is 26.0 Å². The summed E-state index contributed by atoms with van der Waals surface area (Å²) in [6.07, 6.45) is 0.214. The van der Waals surface area contributed by atoms with Crippen molar-refractivity contribution in [2.75, 3.05) is 4.90 Å². The number of hydrogen-bond acceptors (Lipinski definition) is 3. The molecule has 0 radical (unpaired) electrons. The molecule has 0 saturated carbocycles. The van der Waals surface area contributed by atoms with Crippen LogP contribution in [0.3, 0.4) is 0 Å². The lowest BCUT2D eigenvalue weighted by molar-refractivity contribution is -0.121. The molecule has 1 atom stereocenters. The molecule has 1 unspecified atom stereocenters. The van der Waals surface area contributed by atoms with Crippen molar-refractivity contribution in [1.29, 1.82) is 0 Å². The Morgan fingerprint density at radius 2 is 1.59 bits per heavy atom. The molecule has 142 valence electrons. The Morgan fingerprint density at radius 3 is 2.11 bits per heavy atom. The molecule has 1 aliphatic heterocycles. The quantitative estimate of drug-likeness (QED) is 0.621. The molecule has 2 amide bonds. The van der Waals surface area contributed by atoms with Crippen molar-refractivity contribution in [2.45, 2.75) is 56.6 Å². The summed E-state index contributed by atoms with van der Waals surface area (Å²) in [5.74, 6) is -0.282. The van der Waals surface area contributed by atoms with Gasteiger partial charge in [-0.05, 0) is 60.2 Å². The van der Waals surface area contributed by atoms with E-state index in [2.05, 4.69) is 32.9 Å². The Morgan fingerprint density at radius 1 is 1.04 bits per heavy atom. The maximum atomic E-state index is 13.0. The number of benzene rings is 2. The van der Waals surface area contributed by atoms with Crippen LogP contribution in [0.5, 0.6) is 0 Å². The van der Waals surface area contributed by atoms with Crippen LogP contribution < -0.4 is 4.90 Å². The maximum Gasteiger partial charge on any atom is 0.247 e. The molecule has 3 nitrogen and oxygen atoms in total. The zero-order valence-corrected chi connectivity index (χ0v) is 17.9. The summed E-state index contributed by atoms with van der Waals surface area (Å²) in [5.41, 5.74) is 3.86. The molecule has 3 rings (SSSR count). The van der Waals surface area contributed by atoms with Crippen molar-refractivity contribution < 1.29 is 9.59 Å². The second-order valence-corrected chi connectivity index (χ2v) is 9.75. The Hall–Kier alpha value is -1.78. The lowest BCUT2D eigenvalue weighted by atomic mass is 9.84. The van der Waals surface area contributed by atoms with Crippen molar-refractivity contribution in [3.05, 3.63) is 58.1 Å². The molecule has 5 heteroatoms. The Labute approximate surface area is 170 Å². The molecular weight excluding hydrogens is 378 g/mol. The first-order valence-corrected chi connectivity index (χ1v) is 10.2. The van der Waals surface area contributed by atoms with Crippen molar-refractivity contribution in [2.24, 2.45) is 0 Å². The molecule has 2 aromatic rings.